The van der Waals surface area contributed by atoms with E-state index in [2.05, 4.69) is 4.74 Å². The minimum atomic E-state index is -0.884. The van der Waals surface area contributed by atoms with E-state index in [0.717, 1.165) is 6.20 Å². The number of hydrogen-bond donors (Lipinski definition) is 0. The van der Waals surface area contributed by atoms with Crippen LogP contribution in [0.3, 0.4) is 0 Å². The van der Waals surface area contributed by atoms with Gasteiger partial charge in [-0.1, -0.05) is 0 Å². The number of fused-ring (bicyclic) bond motifs is 1. The molecule has 12 heavy (non-hydrogen) atoms. The maximum atomic E-state index is 10.9. The molecule has 2 rings (SSSR count). The van der Waals surface area contributed by atoms with E-state index in [-0.39, 0.29) is 11.3 Å². The summed E-state index contributed by atoms with van der Waals surface area (Å²) in [4.78, 5) is 21.7. The van der Waals surface area contributed by atoms with Crippen molar-refractivity contribution in [1.82, 2.24) is 0 Å². The molecule has 60 valence electrons. The Morgan fingerprint density at radius 1 is 1.33 bits per heavy atom. The maximum absolute atomic E-state index is 10.9. The van der Waals surface area contributed by atoms with Crippen molar-refractivity contribution in [2.24, 2.45) is 0 Å². The summed E-state index contributed by atoms with van der Waals surface area (Å²) in [5, 5.41) is 10.9. The van der Waals surface area contributed by atoms with Crippen molar-refractivity contribution >= 4 is 11.9 Å². The first-order valence-corrected chi connectivity index (χ1v) is 3.19. The van der Waals surface area contributed by atoms with E-state index < -0.39 is 11.9 Å². The molecule has 1 aliphatic heterocycles. The van der Waals surface area contributed by atoms with Crippen LogP contribution in [0, 0.1) is 5.21 Å². The van der Waals surface area contributed by atoms with Crippen LogP contribution in [0.1, 0.15) is 20.8 Å². The molecule has 2 heterocycles. The average Bonchev–Trinajstić information content (AvgIpc) is 2.29. The summed E-state index contributed by atoms with van der Waals surface area (Å²) in [7, 11) is 0. The monoisotopic (exact) mass is 165 g/mol. The van der Waals surface area contributed by atoms with Crippen LogP contribution in [-0.2, 0) is 4.74 Å². The second-order valence-corrected chi connectivity index (χ2v) is 2.27. The van der Waals surface area contributed by atoms with E-state index in [1.165, 1.54) is 12.1 Å². The highest BCUT2D eigenvalue weighted by molar-refractivity contribution is 6.12. The molecule has 0 aromatic carbocycles. The third-order valence-corrected chi connectivity index (χ3v) is 1.56. The standard InChI is InChI=1S/C7H3NO4/c9-6-4-2-1-3-8(11)5(4)7(10)12-6/h1-3H. The Balaban J connectivity index is 2.75. The predicted octanol–water partition coefficient (Wildman–Crippen LogP) is -0.369. The highest BCUT2D eigenvalue weighted by atomic mass is 16.6. The molecule has 0 spiro atoms. The first-order chi connectivity index (χ1) is 5.70. The van der Waals surface area contributed by atoms with Gasteiger partial charge in [0.2, 0.25) is 0 Å². The van der Waals surface area contributed by atoms with Crippen LogP contribution >= 0.6 is 0 Å². The van der Waals surface area contributed by atoms with Crippen LogP contribution < -0.4 is 4.73 Å². The summed E-state index contributed by atoms with van der Waals surface area (Å²) in [6.45, 7) is 0. The van der Waals surface area contributed by atoms with Gasteiger partial charge in [0.25, 0.3) is 0 Å². The first kappa shape index (κ1) is 6.78. The van der Waals surface area contributed by atoms with Crippen LogP contribution in [0.2, 0.25) is 0 Å². The fourth-order valence-electron chi connectivity index (χ4n) is 1.04. The molecule has 1 aromatic heterocycles. The van der Waals surface area contributed by atoms with Gasteiger partial charge in [-0.15, -0.1) is 0 Å². The minimum Gasteiger partial charge on any atom is -0.618 e. The number of nitrogens with zero attached hydrogens (tertiary/aromatic N) is 1. The molecule has 1 aromatic rings. The third kappa shape index (κ3) is 0.701. The summed E-state index contributed by atoms with van der Waals surface area (Å²) in [6, 6.07) is 2.75. The lowest BCUT2D eigenvalue weighted by Crippen LogP contribution is -2.33. The Labute approximate surface area is 66.8 Å². The number of pyridine rings is 1. The largest absolute Gasteiger partial charge is 0.618 e. The van der Waals surface area contributed by atoms with Gasteiger partial charge >= 0.3 is 17.6 Å². The number of cyclic esters (lactones) is 2. The molecular formula is C7H3NO4. The summed E-state index contributed by atoms with van der Waals surface area (Å²) >= 11 is 0. The Hall–Kier alpha value is -1.91. The number of aromatic nitrogens is 1. The van der Waals surface area contributed by atoms with Gasteiger partial charge in [-0.2, -0.15) is 4.73 Å². The Kier molecular flexibility index (Phi) is 1.15. The van der Waals surface area contributed by atoms with Gasteiger partial charge in [0.15, 0.2) is 6.20 Å². The van der Waals surface area contributed by atoms with Gasteiger partial charge in [0.1, 0.15) is 5.56 Å². The van der Waals surface area contributed by atoms with Crippen molar-refractivity contribution in [3.63, 3.8) is 0 Å². The zero-order valence-corrected chi connectivity index (χ0v) is 5.81. The molecule has 0 fully saturated rings. The third-order valence-electron chi connectivity index (χ3n) is 1.56. The fourth-order valence-corrected chi connectivity index (χ4v) is 1.04. The first-order valence-electron chi connectivity index (χ1n) is 3.19. The Morgan fingerprint density at radius 2 is 2.08 bits per heavy atom. The van der Waals surface area contributed by atoms with Crippen LogP contribution in [0.25, 0.3) is 0 Å². The molecule has 0 N–H and O–H groups in total. The topological polar surface area (TPSA) is 70.3 Å². The minimum absolute atomic E-state index is 0.0255. The molecule has 0 bridgehead atoms. The van der Waals surface area contributed by atoms with Gasteiger partial charge < -0.3 is 9.94 Å². The number of hydrogen-bond acceptors (Lipinski definition) is 4. The lowest BCUT2D eigenvalue weighted by molar-refractivity contribution is -0.607. The molecule has 0 atom stereocenters. The average molecular weight is 165 g/mol. The molecule has 0 saturated heterocycles. The molecule has 0 radical (unpaired) electrons. The number of rotatable bonds is 0. The van der Waals surface area contributed by atoms with Crippen LogP contribution in [0.5, 0.6) is 0 Å². The SMILES string of the molecule is O=C1OC(=O)c2c1ccc[n+]2[O-]. The van der Waals surface area contributed by atoms with Gasteiger partial charge in [-0.25, -0.2) is 9.59 Å². The zero-order chi connectivity index (χ0) is 8.72. The van der Waals surface area contributed by atoms with Crippen molar-refractivity contribution in [2.75, 3.05) is 0 Å². The molecule has 5 heteroatoms. The quantitative estimate of drug-likeness (QED) is 0.227. The van der Waals surface area contributed by atoms with E-state index in [4.69, 9.17) is 0 Å². The molecule has 0 unspecified atom stereocenters. The van der Waals surface area contributed by atoms with Gasteiger partial charge in [0, 0.05) is 6.07 Å². The molecule has 0 saturated carbocycles. The zero-order valence-electron chi connectivity index (χ0n) is 5.81. The number of ether oxygens (including phenoxy) is 1. The van der Waals surface area contributed by atoms with Crippen molar-refractivity contribution in [3.05, 3.63) is 34.8 Å². The molecule has 1 aliphatic rings. The Bertz CT molecular complexity index is 385. The lowest BCUT2D eigenvalue weighted by Gasteiger charge is -1.95. The second kappa shape index (κ2) is 2.04. The summed E-state index contributed by atoms with van der Waals surface area (Å²) in [5.74, 6) is -1.65. The number of carbonyl (C=O) groups excluding carboxylic acids is 2. The van der Waals surface area contributed by atoms with Crippen LogP contribution in [0.15, 0.2) is 18.3 Å². The summed E-state index contributed by atoms with van der Waals surface area (Å²) in [5.41, 5.74) is -0.208. The smallest absolute Gasteiger partial charge is 0.413 e. The van der Waals surface area contributed by atoms with Crippen LogP contribution in [0.4, 0.5) is 0 Å². The second-order valence-electron chi connectivity index (χ2n) is 2.27. The lowest BCUT2D eigenvalue weighted by atomic mass is 10.2. The maximum Gasteiger partial charge on any atom is 0.413 e. The fraction of sp³-hybridized carbons (Fsp3) is 0. The van der Waals surface area contributed by atoms with E-state index in [1.54, 1.807) is 0 Å². The predicted molar refractivity (Wildman–Crippen MR) is 35.1 cm³/mol. The van der Waals surface area contributed by atoms with Crippen molar-refractivity contribution in [3.8, 4) is 0 Å². The van der Waals surface area contributed by atoms with Crippen molar-refractivity contribution in [2.45, 2.75) is 0 Å². The van der Waals surface area contributed by atoms with E-state index in [1.807, 2.05) is 0 Å². The molecular weight excluding hydrogens is 162 g/mol. The summed E-state index contributed by atoms with van der Waals surface area (Å²) < 4.78 is 4.54. The molecule has 0 aliphatic carbocycles. The summed E-state index contributed by atoms with van der Waals surface area (Å²) in [6.07, 6.45) is 1.14. The highest BCUT2D eigenvalue weighted by Crippen LogP contribution is 2.14. The number of esters is 2. The van der Waals surface area contributed by atoms with Crippen molar-refractivity contribution < 1.29 is 19.1 Å². The van der Waals surface area contributed by atoms with Gasteiger partial charge in [-0.05, 0) is 6.07 Å². The highest BCUT2D eigenvalue weighted by Gasteiger charge is 2.37. The number of carbonyl (C=O) groups is 2. The van der Waals surface area contributed by atoms with E-state index >= 15 is 0 Å². The molecule has 5 nitrogen and oxygen atoms in total. The van der Waals surface area contributed by atoms with Gasteiger partial charge in [0.05, 0.1) is 0 Å². The normalized spacial score (nSPS) is 14.3. The van der Waals surface area contributed by atoms with Crippen molar-refractivity contribution in [1.29, 1.82) is 0 Å². The van der Waals surface area contributed by atoms with Gasteiger partial charge in [-0.3, -0.25) is 0 Å². The van der Waals surface area contributed by atoms with E-state index in [0.29, 0.717) is 4.73 Å². The molecule has 0 amide bonds. The van der Waals surface area contributed by atoms with Crippen LogP contribution in [-0.4, -0.2) is 11.9 Å². The van der Waals surface area contributed by atoms with E-state index in [9.17, 15) is 14.8 Å². The Morgan fingerprint density at radius 3 is 2.75 bits per heavy atom.